The SMILES string of the molecule is [3H]C=C1CC(=O)NC1=O. The van der Waals surface area contributed by atoms with Gasteiger partial charge in [-0.25, -0.2) is 0 Å². The van der Waals surface area contributed by atoms with Crippen LogP contribution in [-0.2, 0) is 9.59 Å². The maximum atomic E-state index is 10.5. The Labute approximate surface area is 47.8 Å². The Morgan fingerprint density at radius 3 is 2.75 bits per heavy atom. The standard InChI is InChI=1S/C5H5NO2/c1-3-2-4(7)6-5(3)8/h1-2H2,(H,6,7,8)/i1T. The quantitative estimate of drug-likeness (QED) is 0.343. The zero-order valence-electron chi connectivity index (χ0n) is 5.10. The van der Waals surface area contributed by atoms with Crippen LogP contribution in [0, 0.1) is 0 Å². The second-order valence-electron chi connectivity index (χ2n) is 1.58. The zero-order valence-corrected chi connectivity index (χ0v) is 4.10. The predicted molar refractivity (Wildman–Crippen MR) is 26.9 cm³/mol. The van der Waals surface area contributed by atoms with Crippen molar-refractivity contribution < 1.29 is 11.0 Å². The van der Waals surface area contributed by atoms with Crippen molar-refractivity contribution in [2.75, 3.05) is 0 Å². The molecule has 0 spiro atoms. The fourth-order valence-electron chi connectivity index (χ4n) is 0.504. The molecule has 0 bridgehead atoms. The molecule has 0 aliphatic carbocycles. The molecule has 0 aromatic rings. The molecule has 1 saturated heterocycles. The van der Waals surface area contributed by atoms with Crippen LogP contribution in [0.2, 0.25) is 0 Å². The van der Waals surface area contributed by atoms with Crippen molar-refractivity contribution in [3.63, 3.8) is 0 Å². The molecule has 2 amide bonds. The minimum Gasteiger partial charge on any atom is -0.292 e. The van der Waals surface area contributed by atoms with Gasteiger partial charge in [-0.1, -0.05) is 6.55 Å². The lowest BCUT2D eigenvalue weighted by molar-refractivity contribution is -0.124. The average Bonchev–Trinajstić information content (AvgIpc) is 2.10. The van der Waals surface area contributed by atoms with E-state index < -0.39 is 5.91 Å². The van der Waals surface area contributed by atoms with Crippen LogP contribution in [0.4, 0.5) is 0 Å². The molecule has 1 fully saturated rings. The van der Waals surface area contributed by atoms with Gasteiger partial charge >= 0.3 is 0 Å². The normalized spacial score (nSPS) is 26.0. The monoisotopic (exact) mass is 113 g/mol. The first-order valence-electron chi connectivity index (χ1n) is 2.73. The fraction of sp³-hybridized carbons (Fsp3) is 0.200. The third-order valence-corrected chi connectivity index (χ3v) is 0.896. The number of carbonyl (C=O) groups is 2. The van der Waals surface area contributed by atoms with E-state index in [1.165, 1.54) is 0 Å². The summed E-state index contributed by atoms with van der Waals surface area (Å²) < 4.78 is 6.65. The molecule has 0 aromatic carbocycles. The molecule has 0 unspecified atom stereocenters. The van der Waals surface area contributed by atoms with Gasteiger partial charge in [0, 0.05) is 5.57 Å². The molecule has 0 atom stereocenters. The first kappa shape index (κ1) is 3.83. The highest BCUT2D eigenvalue weighted by atomic mass is 16.2. The second kappa shape index (κ2) is 1.43. The molecule has 1 aliphatic rings. The highest BCUT2D eigenvalue weighted by Gasteiger charge is 2.20. The molecule has 1 aliphatic heterocycles. The minimum absolute atomic E-state index is 0.0579. The summed E-state index contributed by atoms with van der Waals surface area (Å²) in [5, 5.41) is 2.05. The van der Waals surface area contributed by atoms with Crippen molar-refractivity contribution in [3.05, 3.63) is 12.1 Å². The Morgan fingerprint density at radius 2 is 2.50 bits per heavy atom. The van der Waals surface area contributed by atoms with Gasteiger partial charge in [0.15, 0.2) is 0 Å². The summed E-state index contributed by atoms with van der Waals surface area (Å²) in [6, 6.07) is 0. The lowest BCUT2D eigenvalue weighted by Gasteiger charge is -1.80. The van der Waals surface area contributed by atoms with Gasteiger partial charge in [-0.2, -0.15) is 0 Å². The van der Waals surface area contributed by atoms with Crippen LogP contribution in [0.25, 0.3) is 0 Å². The molecule has 0 saturated carbocycles. The molecule has 1 rings (SSSR count). The van der Waals surface area contributed by atoms with E-state index in [1.807, 2.05) is 0 Å². The Kier molecular flexibility index (Phi) is 0.687. The van der Waals surface area contributed by atoms with E-state index in [1.54, 1.807) is 0 Å². The smallest absolute Gasteiger partial charge is 0.253 e. The summed E-state index contributed by atoms with van der Waals surface area (Å²) in [5.41, 5.74) is 0.236. The minimum atomic E-state index is -0.435. The highest BCUT2D eigenvalue weighted by molar-refractivity contribution is 6.12. The van der Waals surface area contributed by atoms with Gasteiger partial charge in [0.1, 0.15) is 0 Å². The third kappa shape index (κ3) is 0.621. The zero-order chi connectivity index (χ0) is 6.85. The van der Waals surface area contributed by atoms with Crippen molar-refractivity contribution >= 4 is 11.8 Å². The van der Waals surface area contributed by atoms with Crippen LogP contribution in [0.15, 0.2) is 12.1 Å². The van der Waals surface area contributed by atoms with E-state index in [-0.39, 0.29) is 17.9 Å². The second-order valence-corrected chi connectivity index (χ2v) is 1.58. The van der Waals surface area contributed by atoms with Gasteiger partial charge in [-0.3, -0.25) is 14.9 Å². The van der Waals surface area contributed by atoms with Crippen molar-refractivity contribution in [2.24, 2.45) is 0 Å². The van der Waals surface area contributed by atoms with E-state index in [9.17, 15) is 9.59 Å². The molecule has 3 heteroatoms. The van der Waals surface area contributed by atoms with Gasteiger partial charge < -0.3 is 0 Å². The Morgan fingerprint density at radius 1 is 1.75 bits per heavy atom. The number of nitrogens with one attached hydrogen (secondary N) is 1. The largest absolute Gasteiger partial charge is 0.292 e. The highest BCUT2D eigenvalue weighted by Crippen LogP contribution is 2.03. The Balaban J connectivity index is 2.81. The molecular weight excluding hydrogens is 106 g/mol. The molecule has 1 N–H and O–H groups in total. The molecule has 1 heterocycles. The maximum Gasteiger partial charge on any atom is 0.253 e. The van der Waals surface area contributed by atoms with Crippen LogP contribution >= 0.6 is 0 Å². The van der Waals surface area contributed by atoms with Gasteiger partial charge in [-0.05, 0) is 0 Å². The average molecular weight is 113 g/mol. The van der Waals surface area contributed by atoms with Crippen LogP contribution in [0.3, 0.4) is 0 Å². The Bertz CT molecular complexity index is 197. The maximum absolute atomic E-state index is 10.5. The number of hydrogen-bond donors (Lipinski definition) is 1. The van der Waals surface area contributed by atoms with Gasteiger partial charge in [0.25, 0.3) is 5.91 Å². The van der Waals surface area contributed by atoms with Crippen LogP contribution in [0.5, 0.6) is 0 Å². The number of imide groups is 1. The summed E-state index contributed by atoms with van der Waals surface area (Å²) >= 11 is 0. The Hall–Kier alpha value is -1.12. The summed E-state index contributed by atoms with van der Waals surface area (Å²) in [6.07, 6.45) is 0.0579. The summed E-state index contributed by atoms with van der Waals surface area (Å²) in [5.74, 6) is -0.756. The topological polar surface area (TPSA) is 46.2 Å². The molecule has 8 heavy (non-hydrogen) atoms. The van der Waals surface area contributed by atoms with E-state index in [0.717, 1.165) is 6.55 Å². The van der Waals surface area contributed by atoms with E-state index in [4.69, 9.17) is 1.37 Å². The van der Waals surface area contributed by atoms with E-state index in [2.05, 4.69) is 5.32 Å². The molecular formula is C5H5NO2. The van der Waals surface area contributed by atoms with Crippen LogP contribution in [0.1, 0.15) is 7.79 Å². The lowest BCUT2D eigenvalue weighted by atomic mass is 10.3. The summed E-state index contributed by atoms with van der Waals surface area (Å²) in [4.78, 5) is 20.9. The number of carbonyl (C=O) groups excluding carboxylic acids is 2. The van der Waals surface area contributed by atoms with Crippen molar-refractivity contribution in [3.8, 4) is 0 Å². The van der Waals surface area contributed by atoms with Crippen molar-refractivity contribution in [1.29, 1.82) is 0 Å². The van der Waals surface area contributed by atoms with Gasteiger partial charge in [-0.15, -0.1) is 0 Å². The first-order valence-corrected chi connectivity index (χ1v) is 2.15. The molecule has 3 nitrogen and oxygen atoms in total. The predicted octanol–water partition coefficient (Wildman–Crippen LogP) is -0.411. The van der Waals surface area contributed by atoms with Crippen LogP contribution in [-0.4, -0.2) is 11.8 Å². The van der Waals surface area contributed by atoms with Crippen molar-refractivity contribution in [1.82, 2.24) is 5.32 Å². The number of rotatable bonds is 0. The van der Waals surface area contributed by atoms with E-state index >= 15 is 0 Å². The first-order chi connectivity index (χ1) is 4.24. The van der Waals surface area contributed by atoms with Gasteiger partial charge in [0.2, 0.25) is 5.91 Å². The van der Waals surface area contributed by atoms with Gasteiger partial charge in [0.05, 0.1) is 7.79 Å². The lowest BCUT2D eigenvalue weighted by Crippen LogP contribution is -2.19. The number of amides is 2. The van der Waals surface area contributed by atoms with Crippen LogP contribution < -0.4 is 5.32 Å². The third-order valence-electron chi connectivity index (χ3n) is 0.896. The van der Waals surface area contributed by atoms with E-state index in [0.29, 0.717) is 0 Å². The summed E-state index contributed by atoms with van der Waals surface area (Å²) in [7, 11) is 0. The van der Waals surface area contributed by atoms with Crippen molar-refractivity contribution in [2.45, 2.75) is 6.42 Å². The molecule has 42 valence electrons. The molecule has 0 aromatic heterocycles. The fourth-order valence-corrected chi connectivity index (χ4v) is 0.504. The molecule has 0 radical (unpaired) electrons. The number of hydrogen-bond acceptors (Lipinski definition) is 2. The summed E-state index contributed by atoms with van der Waals surface area (Å²) in [6.45, 7) is 0.903.